The number of aromatic nitrogens is 1. The summed E-state index contributed by atoms with van der Waals surface area (Å²) < 4.78 is 18.8. The summed E-state index contributed by atoms with van der Waals surface area (Å²) in [5, 5.41) is 9.73. The van der Waals surface area contributed by atoms with Crippen molar-refractivity contribution in [2.75, 3.05) is 26.0 Å². The van der Waals surface area contributed by atoms with Gasteiger partial charge >= 0.3 is 0 Å². The van der Waals surface area contributed by atoms with Gasteiger partial charge in [0.1, 0.15) is 18.4 Å². The van der Waals surface area contributed by atoms with Gasteiger partial charge < -0.3 is 31.8 Å². The molecular weight excluding hydrogens is 597 g/mol. The van der Waals surface area contributed by atoms with Crippen LogP contribution >= 0.6 is 11.6 Å². The Hall–Kier alpha value is -3.86. The van der Waals surface area contributed by atoms with Crippen LogP contribution in [0.4, 0.5) is 10.1 Å². The highest BCUT2D eigenvalue weighted by molar-refractivity contribution is 6.31. The highest BCUT2D eigenvalue weighted by Gasteiger charge is 2.33. The Bertz CT molecular complexity index is 1450. The van der Waals surface area contributed by atoms with E-state index in [0.29, 0.717) is 24.2 Å². The molecule has 1 aromatic heterocycles. The van der Waals surface area contributed by atoms with Crippen molar-refractivity contribution >= 4 is 36.7 Å². The molecule has 244 valence electrons. The Balaban J connectivity index is 0.000000300. The maximum Gasteiger partial charge on any atom is 0.204 e. The third-order valence-electron chi connectivity index (χ3n) is 7.66. The number of ether oxygens (including phenoxy) is 1. The molecule has 2 saturated carbocycles. The number of carbonyl (C=O) groups is 2. The number of carbonyl (C=O) groups excluding carboxylic acids is 2. The Morgan fingerprint density at radius 2 is 1.82 bits per heavy atom. The van der Waals surface area contributed by atoms with Gasteiger partial charge in [0, 0.05) is 48.0 Å². The third-order valence-corrected chi connectivity index (χ3v) is 7.95. The zero-order valence-corrected chi connectivity index (χ0v) is 27.2. The Kier molecular flexibility index (Phi) is 15.1. The topological polar surface area (TPSA) is 167 Å². The van der Waals surface area contributed by atoms with Crippen molar-refractivity contribution in [3.63, 3.8) is 0 Å². The average molecular weight is 642 g/mol. The van der Waals surface area contributed by atoms with Gasteiger partial charge in [0.05, 0.1) is 29.6 Å². The Morgan fingerprint density at radius 1 is 1.18 bits per heavy atom. The van der Waals surface area contributed by atoms with Crippen molar-refractivity contribution in [3.05, 3.63) is 75.2 Å². The molecule has 7 N–H and O–H groups in total. The molecule has 2 aliphatic rings. The number of hydrogen-bond donors (Lipinski definition) is 4. The van der Waals surface area contributed by atoms with Gasteiger partial charge in [0.2, 0.25) is 6.41 Å². The predicted octanol–water partition coefficient (Wildman–Crippen LogP) is 5.48. The fourth-order valence-electron chi connectivity index (χ4n) is 4.90. The minimum Gasteiger partial charge on any atom is -0.495 e. The normalized spacial score (nSPS) is 14.9. The van der Waals surface area contributed by atoms with E-state index in [1.165, 1.54) is 31.7 Å². The molecule has 2 fully saturated rings. The minimum absolute atomic E-state index is 0.00551. The number of anilines is 1. The number of pyridine rings is 1. The maximum atomic E-state index is 13.6. The largest absolute Gasteiger partial charge is 0.495 e. The molecule has 2 atom stereocenters. The quantitative estimate of drug-likeness (QED) is 0.136. The van der Waals surface area contributed by atoms with Crippen LogP contribution in [0.5, 0.6) is 5.75 Å². The van der Waals surface area contributed by atoms with Crippen LogP contribution in [-0.2, 0) is 9.59 Å². The van der Waals surface area contributed by atoms with Gasteiger partial charge in [0.15, 0.2) is 0 Å². The number of amides is 1. The van der Waals surface area contributed by atoms with E-state index >= 15 is 0 Å². The summed E-state index contributed by atoms with van der Waals surface area (Å²) in [5.74, 6) is 1.09. The number of aliphatic hydroxyl groups is 1. The summed E-state index contributed by atoms with van der Waals surface area (Å²) in [4.78, 5) is 25.9. The molecule has 2 unspecified atom stereocenters. The van der Waals surface area contributed by atoms with Gasteiger partial charge in [-0.2, -0.15) is 0 Å². The zero-order valence-electron chi connectivity index (χ0n) is 26.4. The second kappa shape index (κ2) is 18.2. The number of nitrogens with two attached hydrogens (primary N) is 3. The number of benzene rings is 2. The first-order valence-electron chi connectivity index (χ1n) is 14.8. The predicted molar refractivity (Wildman–Crippen MR) is 180 cm³/mol. The molecule has 2 aliphatic carbocycles. The number of aliphatic imine (C=N–C) groups is 1. The monoisotopic (exact) mass is 641 g/mol. The van der Waals surface area contributed by atoms with Gasteiger partial charge in [-0.15, -0.1) is 0 Å². The van der Waals surface area contributed by atoms with E-state index in [0.717, 1.165) is 45.0 Å². The van der Waals surface area contributed by atoms with Crippen LogP contribution in [0.2, 0.25) is 5.02 Å². The molecule has 0 spiro atoms. The van der Waals surface area contributed by atoms with Gasteiger partial charge in [-0.1, -0.05) is 18.5 Å². The van der Waals surface area contributed by atoms with Gasteiger partial charge in [-0.05, 0) is 98.5 Å². The molecule has 3 aromatic rings. The number of rotatable bonds is 9. The molecule has 45 heavy (non-hydrogen) atoms. The van der Waals surface area contributed by atoms with E-state index in [-0.39, 0.29) is 29.9 Å². The number of nitrogens with zero attached hydrogens (tertiary/aromatic N) is 2. The smallest absolute Gasteiger partial charge is 0.204 e. The lowest BCUT2D eigenvalue weighted by Gasteiger charge is -2.21. The number of aryl methyl sites for hydroxylation is 1. The minimum atomic E-state index is -0.444. The van der Waals surface area contributed by atoms with Crippen LogP contribution in [-0.4, -0.2) is 55.8 Å². The van der Waals surface area contributed by atoms with E-state index in [4.69, 9.17) is 42.4 Å². The van der Waals surface area contributed by atoms with Crippen LogP contribution in [0.1, 0.15) is 72.4 Å². The summed E-state index contributed by atoms with van der Waals surface area (Å²) in [6.45, 7) is 8.61. The molecule has 1 amide bonds. The van der Waals surface area contributed by atoms with Crippen molar-refractivity contribution in [1.82, 2.24) is 4.98 Å². The molecule has 9 nitrogen and oxygen atoms in total. The summed E-state index contributed by atoms with van der Waals surface area (Å²) in [6.07, 6.45) is 6.89. The zero-order chi connectivity index (χ0) is 33.7. The molecule has 0 bridgehead atoms. The van der Waals surface area contributed by atoms with E-state index in [1.807, 2.05) is 45.9 Å². The third kappa shape index (κ3) is 10.6. The van der Waals surface area contributed by atoms with Crippen LogP contribution in [0, 0.1) is 25.6 Å². The van der Waals surface area contributed by atoms with Crippen LogP contribution in [0.3, 0.4) is 0 Å². The van der Waals surface area contributed by atoms with Gasteiger partial charge in [-0.25, -0.2) is 4.39 Å². The van der Waals surface area contributed by atoms with Crippen molar-refractivity contribution in [2.24, 2.45) is 22.4 Å². The van der Waals surface area contributed by atoms with Gasteiger partial charge in [0.25, 0.3) is 0 Å². The van der Waals surface area contributed by atoms with Crippen LogP contribution in [0.15, 0.2) is 41.4 Å². The highest BCUT2D eigenvalue weighted by Crippen LogP contribution is 2.43. The molecular formula is C34H45ClFN5O4. The van der Waals surface area contributed by atoms with Gasteiger partial charge in [-0.3, -0.25) is 14.8 Å². The first-order chi connectivity index (χ1) is 21.6. The number of aliphatic hydroxyl groups excluding tert-OH is 1. The van der Waals surface area contributed by atoms with Crippen molar-refractivity contribution < 1.29 is 23.8 Å². The summed E-state index contributed by atoms with van der Waals surface area (Å²) in [7, 11) is 1.63. The summed E-state index contributed by atoms with van der Waals surface area (Å²) in [6, 6.07) is 11.2. The lowest BCUT2D eigenvalue weighted by atomic mass is 9.89. The van der Waals surface area contributed by atoms with E-state index in [1.54, 1.807) is 19.2 Å². The molecule has 2 aromatic carbocycles. The number of nitrogen functional groups attached to an aromatic ring is 1. The molecule has 0 aliphatic heterocycles. The number of methoxy groups -OCH3 is 1. The first kappa shape index (κ1) is 37.3. The standard InChI is InChI=1S/C20H24ClFN2O.C12H16N2O.CH3NO.CH2O/c1-11(10-25)15-8-19(16(9-23)13-3-4-13)24-20(12(15)2)14-5-6-18(22)17(21)7-14;1-8-5-9(7-14-10-3-4-10)12(13)11(6-8)15-2;2-1-3;1-2/h5-8,11,13,16,25H,3-4,9-10,23H2,1-2H3;5-7,10H,3-4,13H2,1-2H3;1H,(H2,2,3);1H2. The molecule has 0 saturated heterocycles. The Morgan fingerprint density at radius 3 is 2.33 bits per heavy atom. The SMILES string of the molecule is C=O.COc1cc(C)cc(C=NC2CC2)c1N.Cc1c(C(C)CO)cc(C(CN)C2CC2)nc1-c1ccc(F)c(Cl)c1.NC=O. The number of primary amides is 1. The fourth-order valence-corrected chi connectivity index (χ4v) is 5.08. The fraction of sp³-hybridized carbons (Fsp3) is 0.412. The molecule has 0 radical (unpaired) electrons. The summed E-state index contributed by atoms with van der Waals surface area (Å²) in [5.41, 5.74) is 23.5. The van der Waals surface area contributed by atoms with Crippen molar-refractivity contribution in [3.8, 4) is 17.0 Å². The molecule has 11 heteroatoms. The van der Waals surface area contributed by atoms with Crippen molar-refractivity contribution in [2.45, 2.75) is 64.3 Å². The number of halogens is 2. The average Bonchev–Trinajstić information content (AvgIpc) is 3.97. The Labute approximate surface area is 270 Å². The maximum absolute atomic E-state index is 13.6. The van der Waals surface area contributed by atoms with E-state index < -0.39 is 5.82 Å². The second-order valence-electron chi connectivity index (χ2n) is 11.1. The van der Waals surface area contributed by atoms with E-state index in [9.17, 15) is 9.50 Å². The lowest BCUT2D eigenvalue weighted by Crippen LogP contribution is -2.17. The molecule has 1 heterocycles. The molecule has 5 rings (SSSR count). The second-order valence-corrected chi connectivity index (χ2v) is 11.5. The van der Waals surface area contributed by atoms with E-state index in [2.05, 4.69) is 16.8 Å². The lowest BCUT2D eigenvalue weighted by molar-refractivity contribution is -0.107. The summed E-state index contributed by atoms with van der Waals surface area (Å²) >= 11 is 5.97. The van der Waals surface area contributed by atoms with Crippen LogP contribution < -0.4 is 21.9 Å². The highest BCUT2D eigenvalue weighted by atomic mass is 35.5. The van der Waals surface area contributed by atoms with Crippen LogP contribution in [0.25, 0.3) is 11.3 Å². The van der Waals surface area contributed by atoms with Crippen molar-refractivity contribution in [1.29, 1.82) is 0 Å². The first-order valence-corrected chi connectivity index (χ1v) is 15.1. The number of hydrogen-bond acceptors (Lipinski definition) is 8.